The summed E-state index contributed by atoms with van der Waals surface area (Å²) in [5.74, 6) is 2.57. The first-order valence-electron chi connectivity index (χ1n) is 5.66. The average Bonchev–Trinajstić information content (AvgIpc) is 2.15. The van der Waals surface area contributed by atoms with Gasteiger partial charge in [-0.1, -0.05) is 13.8 Å². The SMILES string of the molecule is CC(C)C(CCN)C1CCNCC1. The van der Waals surface area contributed by atoms with Gasteiger partial charge >= 0.3 is 0 Å². The van der Waals surface area contributed by atoms with Crippen LogP contribution in [0.4, 0.5) is 0 Å². The van der Waals surface area contributed by atoms with Gasteiger partial charge in [-0.2, -0.15) is 0 Å². The topological polar surface area (TPSA) is 38.0 Å². The molecule has 0 bridgehead atoms. The molecule has 1 saturated heterocycles. The van der Waals surface area contributed by atoms with Gasteiger partial charge in [0.15, 0.2) is 0 Å². The minimum Gasteiger partial charge on any atom is -0.330 e. The second-order valence-corrected chi connectivity index (χ2v) is 4.57. The Morgan fingerprint density at radius 3 is 2.38 bits per heavy atom. The van der Waals surface area contributed by atoms with E-state index in [1.54, 1.807) is 0 Å². The third kappa shape index (κ3) is 3.28. The molecule has 2 nitrogen and oxygen atoms in total. The van der Waals surface area contributed by atoms with Gasteiger partial charge < -0.3 is 11.1 Å². The molecule has 78 valence electrons. The Morgan fingerprint density at radius 1 is 1.31 bits per heavy atom. The fraction of sp³-hybridized carbons (Fsp3) is 1.00. The Hall–Kier alpha value is -0.0800. The van der Waals surface area contributed by atoms with E-state index in [-0.39, 0.29) is 0 Å². The number of rotatable bonds is 4. The van der Waals surface area contributed by atoms with Crippen molar-refractivity contribution in [1.82, 2.24) is 5.32 Å². The van der Waals surface area contributed by atoms with Gasteiger partial charge in [0.1, 0.15) is 0 Å². The highest BCUT2D eigenvalue weighted by Gasteiger charge is 2.24. The highest BCUT2D eigenvalue weighted by molar-refractivity contribution is 4.77. The van der Waals surface area contributed by atoms with Gasteiger partial charge in [-0.3, -0.25) is 0 Å². The molecule has 2 heteroatoms. The van der Waals surface area contributed by atoms with Gasteiger partial charge in [-0.05, 0) is 56.7 Å². The van der Waals surface area contributed by atoms with Crippen LogP contribution in [0.3, 0.4) is 0 Å². The fourth-order valence-corrected chi connectivity index (χ4v) is 2.58. The zero-order chi connectivity index (χ0) is 9.68. The average molecular weight is 184 g/mol. The van der Waals surface area contributed by atoms with E-state index in [9.17, 15) is 0 Å². The molecule has 1 heterocycles. The Morgan fingerprint density at radius 2 is 1.92 bits per heavy atom. The number of nitrogens with one attached hydrogen (secondary N) is 1. The summed E-state index contributed by atoms with van der Waals surface area (Å²) in [4.78, 5) is 0. The minimum atomic E-state index is 0.798. The summed E-state index contributed by atoms with van der Waals surface area (Å²) >= 11 is 0. The molecule has 1 aliphatic rings. The van der Waals surface area contributed by atoms with Crippen LogP contribution in [0.25, 0.3) is 0 Å². The van der Waals surface area contributed by atoms with E-state index in [0.29, 0.717) is 0 Å². The minimum absolute atomic E-state index is 0.798. The molecule has 0 aliphatic carbocycles. The predicted molar refractivity (Wildman–Crippen MR) is 57.6 cm³/mol. The van der Waals surface area contributed by atoms with Crippen molar-refractivity contribution in [1.29, 1.82) is 0 Å². The molecule has 0 radical (unpaired) electrons. The number of hydrogen-bond donors (Lipinski definition) is 2. The van der Waals surface area contributed by atoms with Crippen LogP contribution in [0.2, 0.25) is 0 Å². The monoisotopic (exact) mass is 184 g/mol. The molecule has 1 fully saturated rings. The van der Waals surface area contributed by atoms with Crippen molar-refractivity contribution in [2.45, 2.75) is 33.1 Å². The van der Waals surface area contributed by atoms with Crippen LogP contribution < -0.4 is 11.1 Å². The lowest BCUT2D eigenvalue weighted by Gasteiger charge is -2.33. The second-order valence-electron chi connectivity index (χ2n) is 4.57. The van der Waals surface area contributed by atoms with Crippen LogP contribution in [0, 0.1) is 17.8 Å². The van der Waals surface area contributed by atoms with E-state index in [1.165, 1.54) is 32.4 Å². The van der Waals surface area contributed by atoms with E-state index < -0.39 is 0 Å². The van der Waals surface area contributed by atoms with Crippen molar-refractivity contribution >= 4 is 0 Å². The van der Waals surface area contributed by atoms with E-state index in [0.717, 1.165) is 24.3 Å². The Balaban J connectivity index is 2.41. The third-order valence-electron chi connectivity index (χ3n) is 3.35. The maximum atomic E-state index is 5.66. The lowest BCUT2D eigenvalue weighted by atomic mass is 9.76. The van der Waals surface area contributed by atoms with E-state index >= 15 is 0 Å². The lowest BCUT2D eigenvalue weighted by molar-refractivity contribution is 0.195. The second kappa shape index (κ2) is 5.61. The summed E-state index contributed by atoms with van der Waals surface area (Å²) in [5.41, 5.74) is 5.66. The highest BCUT2D eigenvalue weighted by atomic mass is 14.9. The quantitative estimate of drug-likeness (QED) is 0.696. The Labute approximate surface area is 82.3 Å². The van der Waals surface area contributed by atoms with Crippen molar-refractivity contribution in [2.24, 2.45) is 23.5 Å². The van der Waals surface area contributed by atoms with E-state index in [2.05, 4.69) is 19.2 Å². The molecule has 0 amide bonds. The molecule has 1 rings (SSSR count). The van der Waals surface area contributed by atoms with Gasteiger partial charge in [-0.15, -0.1) is 0 Å². The van der Waals surface area contributed by atoms with Crippen molar-refractivity contribution in [3.8, 4) is 0 Å². The van der Waals surface area contributed by atoms with Gasteiger partial charge in [0.05, 0.1) is 0 Å². The van der Waals surface area contributed by atoms with Crippen molar-refractivity contribution in [2.75, 3.05) is 19.6 Å². The predicted octanol–water partition coefficient (Wildman–Crippen LogP) is 1.61. The third-order valence-corrected chi connectivity index (χ3v) is 3.35. The van der Waals surface area contributed by atoms with Crippen LogP contribution in [-0.2, 0) is 0 Å². The summed E-state index contributed by atoms with van der Waals surface area (Å²) in [6.45, 7) is 7.94. The van der Waals surface area contributed by atoms with Gasteiger partial charge in [0.2, 0.25) is 0 Å². The summed E-state index contributed by atoms with van der Waals surface area (Å²) in [7, 11) is 0. The van der Waals surface area contributed by atoms with Gasteiger partial charge in [-0.25, -0.2) is 0 Å². The molecule has 1 aliphatic heterocycles. The standard InChI is InChI=1S/C11H24N2/c1-9(2)11(3-6-12)10-4-7-13-8-5-10/h9-11,13H,3-8,12H2,1-2H3. The van der Waals surface area contributed by atoms with Crippen molar-refractivity contribution < 1.29 is 0 Å². The molecule has 0 aromatic rings. The van der Waals surface area contributed by atoms with Crippen LogP contribution in [-0.4, -0.2) is 19.6 Å². The Kier molecular flexibility index (Phi) is 4.74. The maximum absolute atomic E-state index is 5.66. The normalized spacial score (nSPS) is 22.2. The number of hydrogen-bond acceptors (Lipinski definition) is 2. The van der Waals surface area contributed by atoms with Gasteiger partial charge in [0, 0.05) is 0 Å². The van der Waals surface area contributed by atoms with E-state index in [1.807, 2.05) is 0 Å². The fourth-order valence-electron chi connectivity index (χ4n) is 2.58. The van der Waals surface area contributed by atoms with Crippen LogP contribution in [0.5, 0.6) is 0 Å². The molecule has 0 aromatic carbocycles. The van der Waals surface area contributed by atoms with E-state index in [4.69, 9.17) is 5.73 Å². The Bertz CT molecular complexity index is 128. The molecule has 13 heavy (non-hydrogen) atoms. The van der Waals surface area contributed by atoms with Crippen molar-refractivity contribution in [3.63, 3.8) is 0 Å². The largest absolute Gasteiger partial charge is 0.330 e. The van der Waals surface area contributed by atoms with Crippen molar-refractivity contribution in [3.05, 3.63) is 0 Å². The first kappa shape index (κ1) is 11.0. The summed E-state index contributed by atoms with van der Waals surface area (Å²) in [6.07, 6.45) is 3.91. The molecule has 0 spiro atoms. The smallest absolute Gasteiger partial charge is 0.00462 e. The van der Waals surface area contributed by atoms with Crippen LogP contribution in [0.15, 0.2) is 0 Å². The lowest BCUT2D eigenvalue weighted by Crippen LogP contribution is -2.34. The zero-order valence-corrected chi connectivity index (χ0v) is 9.05. The van der Waals surface area contributed by atoms with Crippen LogP contribution >= 0.6 is 0 Å². The highest BCUT2D eigenvalue weighted by Crippen LogP contribution is 2.30. The molecule has 3 N–H and O–H groups in total. The molecule has 0 aromatic heterocycles. The molecular formula is C11H24N2. The molecule has 0 saturated carbocycles. The summed E-state index contributed by atoms with van der Waals surface area (Å²) < 4.78 is 0. The van der Waals surface area contributed by atoms with Crippen LogP contribution in [0.1, 0.15) is 33.1 Å². The molecule has 1 atom stereocenters. The first-order chi connectivity index (χ1) is 6.25. The first-order valence-corrected chi connectivity index (χ1v) is 5.66. The molecular weight excluding hydrogens is 160 g/mol. The summed E-state index contributed by atoms with van der Waals surface area (Å²) in [5, 5.41) is 3.42. The summed E-state index contributed by atoms with van der Waals surface area (Å²) in [6, 6.07) is 0. The number of piperidine rings is 1. The zero-order valence-electron chi connectivity index (χ0n) is 9.05. The maximum Gasteiger partial charge on any atom is -0.00462 e. The number of nitrogens with two attached hydrogens (primary N) is 1. The van der Waals surface area contributed by atoms with Gasteiger partial charge in [0.25, 0.3) is 0 Å². The molecule has 1 unspecified atom stereocenters.